The summed E-state index contributed by atoms with van der Waals surface area (Å²) < 4.78 is 10.7. The SMILES string of the molecule is CCOc1cc(CN2CCCCC2)cnc1OC. The molecular formula is C14H22N2O2. The molecule has 1 aliphatic heterocycles. The molecule has 18 heavy (non-hydrogen) atoms. The van der Waals surface area contributed by atoms with Gasteiger partial charge in [0.05, 0.1) is 13.7 Å². The Morgan fingerprint density at radius 1 is 1.28 bits per heavy atom. The van der Waals surface area contributed by atoms with Gasteiger partial charge in [-0.2, -0.15) is 0 Å². The average Bonchev–Trinajstić information content (AvgIpc) is 2.41. The predicted molar refractivity (Wildman–Crippen MR) is 71.1 cm³/mol. The third-order valence-corrected chi connectivity index (χ3v) is 3.22. The molecule has 0 saturated carbocycles. The lowest BCUT2D eigenvalue weighted by Gasteiger charge is -2.26. The molecule has 0 unspecified atom stereocenters. The van der Waals surface area contributed by atoms with Crippen LogP contribution in [0.5, 0.6) is 11.6 Å². The van der Waals surface area contributed by atoms with Crippen LogP contribution < -0.4 is 9.47 Å². The fourth-order valence-corrected chi connectivity index (χ4v) is 2.35. The van der Waals surface area contributed by atoms with Crippen molar-refractivity contribution in [1.82, 2.24) is 9.88 Å². The number of pyridine rings is 1. The lowest BCUT2D eigenvalue weighted by atomic mass is 10.1. The van der Waals surface area contributed by atoms with Crippen molar-refractivity contribution in [3.05, 3.63) is 17.8 Å². The maximum absolute atomic E-state index is 5.55. The number of aromatic nitrogens is 1. The van der Waals surface area contributed by atoms with Crippen LogP contribution in [-0.2, 0) is 6.54 Å². The molecule has 0 atom stereocenters. The van der Waals surface area contributed by atoms with Gasteiger partial charge in [0.25, 0.3) is 5.88 Å². The van der Waals surface area contributed by atoms with E-state index in [0.717, 1.165) is 12.3 Å². The van der Waals surface area contributed by atoms with Crippen LogP contribution in [0.1, 0.15) is 31.7 Å². The maximum Gasteiger partial charge on any atom is 0.256 e. The third kappa shape index (κ3) is 3.35. The van der Waals surface area contributed by atoms with Gasteiger partial charge in [-0.15, -0.1) is 0 Å². The minimum Gasteiger partial charge on any atom is -0.488 e. The zero-order valence-electron chi connectivity index (χ0n) is 11.3. The number of ether oxygens (including phenoxy) is 2. The Morgan fingerprint density at radius 2 is 2.06 bits per heavy atom. The molecule has 1 aromatic rings. The fraction of sp³-hybridized carbons (Fsp3) is 0.643. The molecule has 1 saturated heterocycles. The molecule has 2 rings (SSSR count). The second-order valence-electron chi connectivity index (χ2n) is 4.62. The first-order valence-electron chi connectivity index (χ1n) is 6.71. The van der Waals surface area contributed by atoms with Crippen molar-refractivity contribution in [2.24, 2.45) is 0 Å². The first-order chi connectivity index (χ1) is 8.83. The van der Waals surface area contributed by atoms with E-state index in [-0.39, 0.29) is 0 Å². The molecule has 4 heteroatoms. The van der Waals surface area contributed by atoms with Crippen molar-refractivity contribution in [1.29, 1.82) is 0 Å². The average molecular weight is 250 g/mol. The molecule has 2 heterocycles. The normalized spacial score (nSPS) is 16.6. The first kappa shape index (κ1) is 13.1. The van der Waals surface area contributed by atoms with Crippen LogP contribution in [0, 0.1) is 0 Å². The van der Waals surface area contributed by atoms with Crippen molar-refractivity contribution in [2.45, 2.75) is 32.7 Å². The highest BCUT2D eigenvalue weighted by Gasteiger charge is 2.13. The molecule has 100 valence electrons. The van der Waals surface area contributed by atoms with Gasteiger partial charge < -0.3 is 9.47 Å². The Kier molecular flexibility index (Phi) is 4.81. The molecule has 0 amide bonds. The quantitative estimate of drug-likeness (QED) is 0.804. The molecule has 0 aliphatic carbocycles. The van der Waals surface area contributed by atoms with Crippen LogP contribution in [0.25, 0.3) is 0 Å². The van der Waals surface area contributed by atoms with E-state index in [1.807, 2.05) is 19.2 Å². The van der Waals surface area contributed by atoms with Crippen molar-refractivity contribution >= 4 is 0 Å². The number of likely N-dealkylation sites (tertiary alicyclic amines) is 1. The molecule has 0 spiro atoms. The van der Waals surface area contributed by atoms with Crippen molar-refractivity contribution < 1.29 is 9.47 Å². The van der Waals surface area contributed by atoms with Crippen LogP contribution in [-0.4, -0.2) is 36.7 Å². The van der Waals surface area contributed by atoms with E-state index in [1.54, 1.807) is 7.11 Å². The summed E-state index contributed by atoms with van der Waals surface area (Å²) in [4.78, 5) is 6.78. The Morgan fingerprint density at radius 3 is 2.72 bits per heavy atom. The van der Waals surface area contributed by atoms with Crippen molar-refractivity contribution in [3.63, 3.8) is 0 Å². The molecule has 0 aromatic carbocycles. The minimum absolute atomic E-state index is 0.569. The molecule has 4 nitrogen and oxygen atoms in total. The molecule has 0 radical (unpaired) electrons. The summed E-state index contributed by atoms with van der Waals surface area (Å²) in [5.74, 6) is 1.31. The number of rotatable bonds is 5. The molecule has 0 N–H and O–H groups in total. The van der Waals surface area contributed by atoms with Crippen LogP contribution >= 0.6 is 0 Å². The highest BCUT2D eigenvalue weighted by atomic mass is 16.5. The van der Waals surface area contributed by atoms with Gasteiger partial charge in [0.15, 0.2) is 5.75 Å². The van der Waals surface area contributed by atoms with Gasteiger partial charge in [-0.1, -0.05) is 6.42 Å². The lowest BCUT2D eigenvalue weighted by molar-refractivity contribution is 0.220. The molecule has 0 bridgehead atoms. The monoisotopic (exact) mass is 250 g/mol. The number of methoxy groups -OCH3 is 1. The fourth-order valence-electron chi connectivity index (χ4n) is 2.35. The zero-order valence-corrected chi connectivity index (χ0v) is 11.3. The van der Waals surface area contributed by atoms with E-state index in [1.165, 1.54) is 37.9 Å². The smallest absolute Gasteiger partial charge is 0.256 e. The van der Waals surface area contributed by atoms with Gasteiger partial charge in [0.1, 0.15) is 0 Å². The number of hydrogen-bond donors (Lipinski definition) is 0. The largest absolute Gasteiger partial charge is 0.488 e. The molecule has 1 aliphatic rings. The Bertz CT molecular complexity index is 376. The van der Waals surface area contributed by atoms with Crippen LogP contribution in [0.2, 0.25) is 0 Å². The van der Waals surface area contributed by atoms with E-state index >= 15 is 0 Å². The highest BCUT2D eigenvalue weighted by molar-refractivity contribution is 5.36. The zero-order chi connectivity index (χ0) is 12.8. The topological polar surface area (TPSA) is 34.6 Å². The Labute approximate surface area is 109 Å². The number of hydrogen-bond acceptors (Lipinski definition) is 4. The molecular weight excluding hydrogens is 228 g/mol. The Hall–Kier alpha value is -1.29. The van der Waals surface area contributed by atoms with E-state index in [2.05, 4.69) is 9.88 Å². The van der Waals surface area contributed by atoms with Crippen molar-refractivity contribution in [3.8, 4) is 11.6 Å². The second-order valence-corrected chi connectivity index (χ2v) is 4.62. The van der Waals surface area contributed by atoms with Crippen LogP contribution in [0.4, 0.5) is 0 Å². The molecule has 1 aromatic heterocycles. The van der Waals surface area contributed by atoms with Gasteiger partial charge in [0, 0.05) is 12.7 Å². The van der Waals surface area contributed by atoms with Gasteiger partial charge in [-0.05, 0) is 44.5 Å². The third-order valence-electron chi connectivity index (χ3n) is 3.22. The van der Waals surface area contributed by atoms with Gasteiger partial charge in [-0.25, -0.2) is 4.98 Å². The lowest BCUT2D eigenvalue weighted by Crippen LogP contribution is -2.29. The van der Waals surface area contributed by atoms with E-state index < -0.39 is 0 Å². The summed E-state index contributed by atoms with van der Waals surface area (Å²) >= 11 is 0. The second kappa shape index (κ2) is 6.59. The Balaban J connectivity index is 2.05. The van der Waals surface area contributed by atoms with Gasteiger partial charge in [-0.3, -0.25) is 4.90 Å². The maximum atomic E-state index is 5.55. The summed E-state index contributed by atoms with van der Waals surface area (Å²) in [6.45, 7) is 5.94. The summed E-state index contributed by atoms with van der Waals surface area (Å²) in [7, 11) is 1.62. The van der Waals surface area contributed by atoms with Crippen LogP contribution in [0.15, 0.2) is 12.3 Å². The number of piperidine rings is 1. The summed E-state index contributed by atoms with van der Waals surface area (Å²) in [6, 6.07) is 2.05. The van der Waals surface area contributed by atoms with Crippen LogP contribution in [0.3, 0.4) is 0 Å². The molecule has 1 fully saturated rings. The first-order valence-corrected chi connectivity index (χ1v) is 6.71. The summed E-state index contributed by atoms with van der Waals surface area (Å²) in [5, 5.41) is 0. The predicted octanol–water partition coefficient (Wildman–Crippen LogP) is 2.47. The van der Waals surface area contributed by atoms with Gasteiger partial charge in [0.2, 0.25) is 0 Å². The van der Waals surface area contributed by atoms with E-state index in [4.69, 9.17) is 9.47 Å². The van der Waals surface area contributed by atoms with E-state index in [9.17, 15) is 0 Å². The van der Waals surface area contributed by atoms with Crippen molar-refractivity contribution in [2.75, 3.05) is 26.8 Å². The van der Waals surface area contributed by atoms with Gasteiger partial charge >= 0.3 is 0 Å². The highest BCUT2D eigenvalue weighted by Crippen LogP contribution is 2.26. The number of nitrogens with zero attached hydrogens (tertiary/aromatic N) is 2. The summed E-state index contributed by atoms with van der Waals surface area (Å²) in [6.07, 6.45) is 5.86. The minimum atomic E-state index is 0.569. The summed E-state index contributed by atoms with van der Waals surface area (Å²) in [5.41, 5.74) is 1.20. The standard InChI is InChI=1S/C14H22N2O2/c1-3-18-13-9-12(10-15-14(13)17-2)11-16-7-5-4-6-8-16/h9-10H,3-8,11H2,1-2H3. The van der Waals surface area contributed by atoms with E-state index in [0.29, 0.717) is 12.5 Å².